The van der Waals surface area contributed by atoms with Gasteiger partial charge in [-0.1, -0.05) is 26.0 Å². The van der Waals surface area contributed by atoms with E-state index in [1.165, 1.54) is 31.2 Å². The summed E-state index contributed by atoms with van der Waals surface area (Å²) in [5.74, 6) is -1.51. The lowest BCUT2D eigenvalue weighted by Gasteiger charge is -2.54. The number of non-ortho nitro benzene ring substituents is 1. The number of carbonyl (C=O) groups is 3. The van der Waals surface area contributed by atoms with Crippen molar-refractivity contribution in [2.75, 3.05) is 6.61 Å². The highest BCUT2D eigenvalue weighted by Gasteiger charge is 2.81. The third-order valence-corrected chi connectivity index (χ3v) is 10.7. The number of benzene rings is 1. The predicted molar refractivity (Wildman–Crippen MR) is 144 cm³/mol. The molecule has 1 spiro atoms. The van der Waals surface area contributed by atoms with Gasteiger partial charge in [-0.15, -0.1) is 0 Å². The molecule has 216 valence electrons. The second-order valence-electron chi connectivity index (χ2n) is 12.5. The van der Waals surface area contributed by atoms with Crippen LogP contribution in [0.4, 0.5) is 5.69 Å². The number of hydrogen-bond acceptors (Lipinski definition) is 9. The number of ether oxygens (including phenoxy) is 3. The Morgan fingerprint density at radius 2 is 1.88 bits per heavy atom. The minimum Gasteiger partial charge on any atom is -0.458 e. The first-order valence-electron chi connectivity index (χ1n) is 13.9. The SMILES string of the molecule is CC(=O)OCC(=O)[C@@]1(O)[C@H](C)C[C@H]2[C@@H]3CC=C4C=C(OC(=O)c5ccc([N+](=O)[O-])cc5)C=C[C@]4(C)[C@@]34O[C@H]4C[C@@]21C. The van der Waals surface area contributed by atoms with Gasteiger partial charge >= 0.3 is 11.9 Å². The molecule has 1 aromatic rings. The smallest absolute Gasteiger partial charge is 0.343 e. The van der Waals surface area contributed by atoms with Crippen molar-refractivity contribution in [2.45, 2.75) is 64.3 Å². The summed E-state index contributed by atoms with van der Waals surface area (Å²) < 4.78 is 17.2. The number of fused-ring (bicyclic) bond motifs is 3. The van der Waals surface area contributed by atoms with Gasteiger partial charge in [-0.2, -0.15) is 0 Å². The second-order valence-corrected chi connectivity index (χ2v) is 12.5. The Bertz CT molecular complexity index is 1460. The van der Waals surface area contributed by atoms with E-state index in [2.05, 4.69) is 13.0 Å². The Hall–Kier alpha value is -3.63. The monoisotopic (exact) mass is 563 g/mol. The molecule has 41 heavy (non-hydrogen) atoms. The molecule has 1 aromatic carbocycles. The Balaban J connectivity index is 1.25. The van der Waals surface area contributed by atoms with Crippen LogP contribution < -0.4 is 0 Å². The Morgan fingerprint density at radius 3 is 2.54 bits per heavy atom. The predicted octanol–water partition coefficient (Wildman–Crippen LogP) is 4.22. The fraction of sp³-hybridized carbons (Fsp3) is 0.516. The summed E-state index contributed by atoms with van der Waals surface area (Å²) in [6.07, 6.45) is 9.41. The summed E-state index contributed by atoms with van der Waals surface area (Å²) in [6, 6.07) is 5.25. The molecule has 0 unspecified atom stereocenters. The zero-order valence-corrected chi connectivity index (χ0v) is 23.4. The van der Waals surface area contributed by atoms with Gasteiger partial charge in [0, 0.05) is 29.9 Å². The van der Waals surface area contributed by atoms with E-state index in [9.17, 15) is 29.6 Å². The van der Waals surface area contributed by atoms with Crippen molar-refractivity contribution in [3.8, 4) is 0 Å². The number of esters is 2. The van der Waals surface area contributed by atoms with Gasteiger partial charge in [-0.3, -0.25) is 19.7 Å². The van der Waals surface area contributed by atoms with Crippen molar-refractivity contribution in [2.24, 2.45) is 28.6 Å². The van der Waals surface area contributed by atoms with Gasteiger partial charge in [0.1, 0.15) is 17.0 Å². The standard InChI is InChI=1S/C31H33NO9/c1-17-13-24-23-10-7-20-14-22(40-27(35)19-5-8-21(9-6-19)32(37)38)11-12-28(20,3)31(23)26(41-31)15-29(24,4)30(17,36)25(34)16-39-18(2)33/h5-9,11-12,14,17,23-24,26,36H,10,13,15-16H2,1-4H3/t17-,23+,24+,26+,28+,29+,30+,31-/m1/s1. The molecule has 10 nitrogen and oxygen atoms in total. The molecule has 1 heterocycles. The maximum Gasteiger partial charge on any atom is 0.343 e. The molecule has 2 saturated carbocycles. The maximum absolute atomic E-state index is 13.3. The van der Waals surface area contributed by atoms with Crippen molar-refractivity contribution < 1.29 is 38.6 Å². The van der Waals surface area contributed by atoms with Gasteiger partial charge in [0.15, 0.2) is 6.61 Å². The molecule has 6 rings (SSSR count). The van der Waals surface area contributed by atoms with E-state index in [1.807, 2.05) is 26.0 Å². The molecule has 4 aliphatic carbocycles. The van der Waals surface area contributed by atoms with E-state index in [4.69, 9.17) is 14.2 Å². The first-order valence-corrected chi connectivity index (χ1v) is 13.9. The zero-order valence-electron chi connectivity index (χ0n) is 23.4. The number of nitro benzene ring substituents is 1. The number of nitro groups is 1. The molecule has 0 bridgehead atoms. The molecule has 0 aromatic heterocycles. The van der Waals surface area contributed by atoms with E-state index >= 15 is 0 Å². The fourth-order valence-electron chi connectivity index (χ4n) is 8.55. The molecule has 1 saturated heterocycles. The van der Waals surface area contributed by atoms with Crippen LogP contribution in [0, 0.1) is 38.7 Å². The fourth-order valence-corrected chi connectivity index (χ4v) is 8.55. The van der Waals surface area contributed by atoms with E-state index < -0.39 is 51.3 Å². The first-order chi connectivity index (χ1) is 19.3. The van der Waals surface area contributed by atoms with E-state index in [0.717, 1.165) is 5.57 Å². The summed E-state index contributed by atoms with van der Waals surface area (Å²) in [7, 11) is 0. The van der Waals surface area contributed by atoms with Gasteiger partial charge in [0.2, 0.25) is 5.78 Å². The van der Waals surface area contributed by atoms with Gasteiger partial charge in [0.25, 0.3) is 5.69 Å². The second kappa shape index (κ2) is 8.93. The summed E-state index contributed by atoms with van der Waals surface area (Å²) in [5.41, 5.74) is -2.30. The number of hydrogen-bond donors (Lipinski definition) is 1. The van der Waals surface area contributed by atoms with Crippen LogP contribution in [0.15, 0.2) is 59.9 Å². The largest absolute Gasteiger partial charge is 0.458 e. The number of Topliss-reactive ketones (excluding diaryl/α,β-unsaturated/α-hetero) is 1. The third kappa shape index (κ3) is 3.66. The number of carbonyl (C=O) groups excluding carboxylic acids is 3. The molecule has 1 aliphatic heterocycles. The Kier molecular flexibility index (Phi) is 6.00. The zero-order chi connectivity index (χ0) is 29.5. The highest BCUT2D eigenvalue weighted by atomic mass is 16.6. The Morgan fingerprint density at radius 1 is 1.17 bits per heavy atom. The first kappa shape index (κ1) is 27.5. The quantitative estimate of drug-likeness (QED) is 0.233. The van der Waals surface area contributed by atoms with Crippen LogP contribution in [0.5, 0.6) is 0 Å². The van der Waals surface area contributed by atoms with Gasteiger partial charge in [-0.05, 0) is 73.8 Å². The van der Waals surface area contributed by atoms with E-state index in [-0.39, 0.29) is 35.1 Å². The molecule has 5 aliphatic rings. The van der Waals surface area contributed by atoms with Crippen LogP contribution in [0.25, 0.3) is 0 Å². The number of epoxide rings is 1. The topological polar surface area (TPSA) is 146 Å². The molecular weight excluding hydrogens is 530 g/mol. The van der Waals surface area contributed by atoms with Crippen LogP contribution in [-0.4, -0.2) is 51.7 Å². The van der Waals surface area contributed by atoms with E-state index in [0.29, 0.717) is 25.0 Å². The number of rotatable bonds is 6. The number of ketones is 1. The normalized spacial score (nSPS) is 39.6. The molecule has 0 radical (unpaired) electrons. The summed E-state index contributed by atoms with van der Waals surface area (Å²) in [5, 5.41) is 22.9. The summed E-state index contributed by atoms with van der Waals surface area (Å²) in [6.45, 7) is 6.79. The maximum atomic E-state index is 13.3. The average molecular weight is 564 g/mol. The van der Waals surface area contributed by atoms with Crippen LogP contribution in [0.2, 0.25) is 0 Å². The van der Waals surface area contributed by atoms with Crippen molar-refractivity contribution in [1.82, 2.24) is 0 Å². The van der Waals surface area contributed by atoms with Crippen molar-refractivity contribution in [3.63, 3.8) is 0 Å². The lowest BCUT2D eigenvalue weighted by molar-refractivity contribution is -0.384. The lowest BCUT2D eigenvalue weighted by atomic mass is 9.48. The van der Waals surface area contributed by atoms with E-state index in [1.54, 1.807) is 6.08 Å². The summed E-state index contributed by atoms with van der Waals surface area (Å²) >= 11 is 0. The molecule has 3 fully saturated rings. The summed E-state index contributed by atoms with van der Waals surface area (Å²) in [4.78, 5) is 47.8. The van der Waals surface area contributed by atoms with Gasteiger partial charge < -0.3 is 19.3 Å². The highest BCUT2D eigenvalue weighted by molar-refractivity contribution is 5.91. The number of allylic oxidation sites excluding steroid dienone is 3. The molecule has 8 atom stereocenters. The third-order valence-electron chi connectivity index (χ3n) is 10.7. The Labute approximate surface area is 237 Å². The van der Waals surface area contributed by atoms with Crippen molar-refractivity contribution in [3.05, 3.63) is 75.6 Å². The lowest BCUT2D eigenvalue weighted by Crippen LogP contribution is -2.62. The highest BCUT2D eigenvalue weighted by Crippen LogP contribution is 2.75. The van der Waals surface area contributed by atoms with Gasteiger partial charge in [0.05, 0.1) is 16.6 Å². The molecular formula is C31H33NO9. The molecule has 10 heteroatoms. The van der Waals surface area contributed by atoms with Gasteiger partial charge in [-0.25, -0.2) is 4.79 Å². The minimum atomic E-state index is -1.63. The average Bonchev–Trinajstić information content (AvgIpc) is 3.61. The molecule has 0 amide bonds. The van der Waals surface area contributed by atoms with Crippen molar-refractivity contribution in [1.29, 1.82) is 0 Å². The van der Waals surface area contributed by atoms with Crippen LogP contribution >= 0.6 is 0 Å². The van der Waals surface area contributed by atoms with Crippen LogP contribution in [0.3, 0.4) is 0 Å². The van der Waals surface area contributed by atoms with Crippen LogP contribution in [0.1, 0.15) is 57.3 Å². The van der Waals surface area contributed by atoms with Crippen molar-refractivity contribution >= 4 is 23.4 Å². The van der Waals surface area contributed by atoms with Crippen LogP contribution in [-0.2, 0) is 23.8 Å². The number of nitrogens with zero attached hydrogens (tertiary/aromatic N) is 1. The number of aliphatic hydroxyl groups is 1. The minimum absolute atomic E-state index is 0.0101. The molecule has 1 N–H and O–H groups in total.